The molecule has 0 aliphatic heterocycles. The highest BCUT2D eigenvalue weighted by Gasteiger charge is 2.25. The number of pyridine rings is 1. The molecule has 6 nitrogen and oxygen atoms in total. The molecular weight excluding hydrogens is 539 g/mol. The van der Waals surface area contributed by atoms with Crippen LogP contribution in [0.2, 0.25) is 0 Å². The van der Waals surface area contributed by atoms with Gasteiger partial charge in [0, 0.05) is 30.7 Å². The number of benzene rings is 3. The SMILES string of the molecule is O=C(NCCCc1cccnc1)[C@@H](Cc1ccccc1)SC[C@H](Cc1ccccc1)NS(=O)(=O)c1ccccc1. The minimum Gasteiger partial charge on any atom is -0.355 e. The highest BCUT2D eigenvalue weighted by atomic mass is 32.2. The fourth-order valence-corrected chi connectivity index (χ4v) is 6.95. The van der Waals surface area contributed by atoms with Crippen LogP contribution in [0.15, 0.2) is 120 Å². The lowest BCUT2D eigenvalue weighted by Gasteiger charge is -2.22. The van der Waals surface area contributed by atoms with E-state index in [1.165, 1.54) is 11.8 Å². The van der Waals surface area contributed by atoms with Crippen LogP contribution in [0.25, 0.3) is 0 Å². The number of carbonyl (C=O) groups excluding carboxylic acids is 1. The Hall–Kier alpha value is -3.46. The van der Waals surface area contributed by atoms with E-state index in [9.17, 15) is 13.2 Å². The number of aryl methyl sites for hydroxylation is 1. The second-order valence-electron chi connectivity index (χ2n) is 9.59. The van der Waals surface area contributed by atoms with Crippen LogP contribution in [0, 0.1) is 0 Å². The number of nitrogens with one attached hydrogen (secondary N) is 2. The van der Waals surface area contributed by atoms with Gasteiger partial charge in [-0.05, 0) is 60.6 Å². The van der Waals surface area contributed by atoms with Crippen molar-refractivity contribution >= 4 is 27.7 Å². The van der Waals surface area contributed by atoms with E-state index in [0.29, 0.717) is 25.1 Å². The number of hydrogen-bond acceptors (Lipinski definition) is 5. The summed E-state index contributed by atoms with van der Waals surface area (Å²) in [5.41, 5.74) is 3.24. The monoisotopic (exact) mass is 573 g/mol. The molecule has 0 aliphatic rings. The Morgan fingerprint density at radius 3 is 2.00 bits per heavy atom. The number of carbonyl (C=O) groups is 1. The van der Waals surface area contributed by atoms with Gasteiger partial charge in [0.1, 0.15) is 0 Å². The van der Waals surface area contributed by atoms with Crippen molar-refractivity contribution in [3.63, 3.8) is 0 Å². The molecule has 0 bridgehead atoms. The van der Waals surface area contributed by atoms with E-state index < -0.39 is 16.1 Å². The van der Waals surface area contributed by atoms with E-state index in [-0.39, 0.29) is 16.1 Å². The van der Waals surface area contributed by atoms with Gasteiger partial charge in [0.25, 0.3) is 0 Å². The fraction of sp³-hybridized carbons (Fsp3) is 0.250. The lowest BCUT2D eigenvalue weighted by Crippen LogP contribution is -2.40. The largest absolute Gasteiger partial charge is 0.355 e. The van der Waals surface area contributed by atoms with Gasteiger partial charge >= 0.3 is 0 Å². The average Bonchev–Trinajstić information content (AvgIpc) is 2.99. The highest BCUT2D eigenvalue weighted by molar-refractivity contribution is 8.00. The zero-order chi connectivity index (χ0) is 28.0. The molecule has 1 aromatic heterocycles. The normalized spacial score (nSPS) is 12.9. The summed E-state index contributed by atoms with van der Waals surface area (Å²) in [6, 6.07) is 31.7. The number of hydrogen-bond donors (Lipinski definition) is 2. The van der Waals surface area contributed by atoms with Gasteiger partial charge in [0.15, 0.2) is 0 Å². The molecule has 0 fully saturated rings. The Morgan fingerprint density at radius 1 is 0.775 bits per heavy atom. The zero-order valence-electron chi connectivity index (χ0n) is 22.4. The molecule has 1 amide bonds. The van der Waals surface area contributed by atoms with Gasteiger partial charge in [0.05, 0.1) is 10.1 Å². The lowest BCUT2D eigenvalue weighted by atomic mass is 10.1. The summed E-state index contributed by atoms with van der Waals surface area (Å²) in [6.07, 6.45) is 6.33. The third kappa shape index (κ3) is 9.62. The first kappa shape index (κ1) is 29.5. The first-order valence-electron chi connectivity index (χ1n) is 13.4. The lowest BCUT2D eigenvalue weighted by molar-refractivity contribution is -0.120. The van der Waals surface area contributed by atoms with Crippen molar-refractivity contribution in [1.29, 1.82) is 0 Å². The minimum absolute atomic E-state index is 0.0376. The Kier molecular flexibility index (Phi) is 11.3. The van der Waals surface area contributed by atoms with Gasteiger partial charge in [-0.2, -0.15) is 0 Å². The molecule has 8 heteroatoms. The van der Waals surface area contributed by atoms with Crippen LogP contribution < -0.4 is 10.0 Å². The predicted molar refractivity (Wildman–Crippen MR) is 163 cm³/mol. The summed E-state index contributed by atoms with van der Waals surface area (Å²) < 4.78 is 29.3. The van der Waals surface area contributed by atoms with Crippen LogP contribution in [-0.4, -0.2) is 42.9 Å². The van der Waals surface area contributed by atoms with Crippen LogP contribution in [0.4, 0.5) is 0 Å². The number of thioether (sulfide) groups is 1. The van der Waals surface area contributed by atoms with Crippen molar-refractivity contribution in [2.24, 2.45) is 0 Å². The van der Waals surface area contributed by atoms with Gasteiger partial charge in [-0.15, -0.1) is 11.8 Å². The number of rotatable bonds is 15. The molecule has 1 heterocycles. The Balaban J connectivity index is 1.44. The third-order valence-corrected chi connectivity index (χ3v) is 9.33. The average molecular weight is 574 g/mol. The van der Waals surface area contributed by atoms with Crippen molar-refractivity contribution in [3.05, 3.63) is 132 Å². The molecule has 0 radical (unpaired) electrons. The van der Waals surface area contributed by atoms with Crippen molar-refractivity contribution in [1.82, 2.24) is 15.0 Å². The molecule has 2 atom stereocenters. The molecule has 40 heavy (non-hydrogen) atoms. The summed E-state index contributed by atoms with van der Waals surface area (Å²) in [4.78, 5) is 17.7. The maximum atomic E-state index is 13.4. The zero-order valence-corrected chi connectivity index (χ0v) is 24.0. The van der Waals surface area contributed by atoms with Crippen molar-refractivity contribution in [2.75, 3.05) is 12.3 Å². The van der Waals surface area contributed by atoms with Crippen LogP contribution in [0.1, 0.15) is 23.1 Å². The van der Waals surface area contributed by atoms with E-state index in [1.54, 1.807) is 36.5 Å². The van der Waals surface area contributed by atoms with Crippen molar-refractivity contribution in [3.8, 4) is 0 Å². The molecule has 0 spiro atoms. The standard InChI is InChI=1S/C32H35N3O3S2/c36-32(34-21-11-17-28-16-10-20-33-24-28)31(23-27-14-6-2-7-15-27)39-25-29(22-26-12-4-1-5-13-26)35-40(37,38)30-18-8-3-9-19-30/h1-10,12-16,18-20,24,29,31,35H,11,17,21-23,25H2,(H,34,36)/t29-,31+/m0/s1. The first-order chi connectivity index (χ1) is 19.5. The summed E-state index contributed by atoms with van der Waals surface area (Å²) in [7, 11) is -3.72. The number of nitrogens with zero attached hydrogens (tertiary/aromatic N) is 1. The molecule has 4 rings (SSSR count). The van der Waals surface area contributed by atoms with Crippen LogP contribution in [-0.2, 0) is 34.1 Å². The molecule has 0 saturated carbocycles. The highest BCUT2D eigenvalue weighted by Crippen LogP contribution is 2.21. The summed E-state index contributed by atoms with van der Waals surface area (Å²) >= 11 is 1.49. The molecule has 2 N–H and O–H groups in total. The summed E-state index contributed by atoms with van der Waals surface area (Å²) in [5, 5.41) is 2.74. The smallest absolute Gasteiger partial charge is 0.240 e. The molecule has 0 aliphatic carbocycles. The summed E-state index contributed by atoms with van der Waals surface area (Å²) in [6.45, 7) is 0.563. The number of aromatic nitrogens is 1. The van der Waals surface area contributed by atoms with E-state index in [1.807, 2.05) is 79.0 Å². The molecule has 4 aromatic rings. The van der Waals surface area contributed by atoms with Gasteiger partial charge in [0.2, 0.25) is 15.9 Å². The maximum Gasteiger partial charge on any atom is 0.240 e. The quantitative estimate of drug-likeness (QED) is 0.194. The molecule has 3 aromatic carbocycles. The van der Waals surface area contributed by atoms with Crippen molar-refractivity contribution < 1.29 is 13.2 Å². The summed E-state index contributed by atoms with van der Waals surface area (Å²) in [5.74, 6) is 0.408. The van der Waals surface area contributed by atoms with E-state index in [2.05, 4.69) is 15.0 Å². The van der Waals surface area contributed by atoms with Gasteiger partial charge in [-0.25, -0.2) is 13.1 Å². The van der Waals surface area contributed by atoms with Crippen LogP contribution in [0.3, 0.4) is 0 Å². The Bertz CT molecular complexity index is 1410. The van der Waals surface area contributed by atoms with E-state index >= 15 is 0 Å². The second kappa shape index (κ2) is 15.4. The number of sulfonamides is 1. The molecule has 0 saturated heterocycles. The fourth-order valence-electron chi connectivity index (χ4n) is 4.37. The first-order valence-corrected chi connectivity index (χ1v) is 16.0. The number of amides is 1. The molecule has 0 unspecified atom stereocenters. The molecular formula is C32H35N3O3S2. The van der Waals surface area contributed by atoms with E-state index in [4.69, 9.17) is 0 Å². The van der Waals surface area contributed by atoms with Gasteiger partial charge in [-0.1, -0.05) is 84.9 Å². The second-order valence-corrected chi connectivity index (χ2v) is 12.5. The predicted octanol–water partition coefficient (Wildman–Crippen LogP) is 5.06. The van der Waals surface area contributed by atoms with Crippen molar-refractivity contribution in [2.45, 2.75) is 41.9 Å². The van der Waals surface area contributed by atoms with E-state index in [0.717, 1.165) is 29.5 Å². The van der Waals surface area contributed by atoms with Gasteiger partial charge in [-0.3, -0.25) is 9.78 Å². The topological polar surface area (TPSA) is 88.2 Å². The van der Waals surface area contributed by atoms with Crippen LogP contribution >= 0.6 is 11.8 Å². The Labute approximate surface area is 241 Å². The third-order valence-electron chi connectivity index (χ3n) is 6.42. The maximum absolute atomic E-state index is 13.4. The Morgan fingerprint density at radius 2 is 1.38 bits per heavy atom. The van der Waals surface area contributed by atoms with Gasteiger partial charge < -0.3 is 5.32 Å². The molecule has 208 valence electrons. The minimum atomic E-state index is -3.72. The van der Waals surface area contributed by atoms with Crippen LogP contribution in [0.5, 0.6) is 0 Å².